The number of benzene rings is 1. The van der Waals surface area contributed by atoms with E-state index in [0.29, 0.717) is 11.3 Å². The van der Waals surface area contributed by atoms with Crippen molar-refractivity contribution in [3.05, 3.63) is 41.2 Å². The molecule has 2 atom stereocenters. The molecule has 1 aromatic carbocycles. The first-order valence-electron chi connectivity index (χ1n) is 6.87. The molecule has 0 radical (unpaired) electrons. The maximum Gasteiger partial charge on any atom is 0.170 e. The van der Waals surface area contributed by atoms with Crippen molar-refractivity contribution in [3.63, 3.8) is 0 Å². The summed E-state index contributed by atoms with van der Waals surface area (Å²) >= 11 is 3.27. The smallest absolute Gasteiger partial charge is 0.170 e. The normalized spacial score (nSPS) is 14.2. The Hall–Kier alpha value is -0.910. The lowest BCUT2D eigenvalue weighted by Gasteiger charge is -2.23. The summed E-state index contributed by atoms with van der Waals surface area (Å²) in [5, 5.41) is 3.82. The highest BCUT2D eigenvalue weighted by molar-refractivity contribution is 8.01. The molecule has 1 aromatic heterocycles. The average molecular weight is 307 g/mol. The van der Waals surface area contributed by atoms with Crippen LogP contribution in [0.5, 0.6) is 0 Å². The third-order valence-corrected chi connectivity index (χ3v) is 5.38. The fraction of sp³-hybridized carbons (Fsp3) is 0.467. The second-order valence-electron chi connectivity index (χ2n) is 4.79. The van der Waals surface area contributed by atoms with E-state index in [0.717, 1.165) is 16.6 Å². The number of rotatable bonds is 6. The Morgan fingerprint density at radius 2 is 2.00 bits per heavy atom. The molecule has 0 bridgehead atoms. The van der Waals surface area contributed by atoms with Gasteiger partial charge in [-0.3, -0.25) is 0 Å². The quantitative estimate of drug-likeness (QED) is 0.823. The third-order valence-electron chi connectivity index (χ3n) is 3.32. The number of aryl methyl sites for hydroxylation is 2. The summed E-state index contributed by atoms with van der Waals surface area (Å²) in [4.78, 5) is 4.43. The first-order chi connectivity index (χ1) is 9.63. The molecule has 2 aromatic rings. The van der Waals surface area contributed by atoms with Gasteiger partial charge < -0.3 is 5.32 Å². The fourth-order valence-corrected chi connectivity index (χ4v) is 4.28. The molecule has 0 saturated carbocycles. The summed E-state index contributed by atoms with van der Waals surface area (Å²) in [5.41, 5.74) is 2.70. The van der Waals surface area contributed by atoms with Gasteiger partial charge in [-0.25, -0.2) is 4.98 Å². The summed E-state index contributed by atoms with van der Waals surface area (Å²) in [7, 11) is 2.01. The zero-order chi connectivity index (χ0) is 14.5. The Morgan fingerprint density at radius 3 is 2.50 bits per heavy atom. The van der Waals surface area contributed by atoms with Gasteiger partial charge in [-0.2, -0.15) is 4.37 Å². The van der Waals surface area contributed by atoms with Gasteiger partial charge in [-0.1, -0.05) is 49.9 Å². The van der Waals surface area contributed by atoms with Crippen molar-refractivity contribution in [3.8, 4) is 0 Å². The SMILES string of the molecule is CCc1ccc(C(NC)C(C)Sc2nc(C)ns2)cc1. The minimum atomic E-state index is 0.315. The molecular formula is C15H21N3S2. The molecule has 1 heterocycles. The van der Waals surface area contributed by atoms with Crippen LogP contribution in [0.15, 0.2) is 28.6 Å². The number of nitrogens with zero attached hydrogens (tertiary/aromatic N) is 2. The Labute approximate surface area is 129 Å². The van der Waals surface area contributed by atoms with Gasteiger partial charge in [0.1, 0.15) is 5.82 Å². The topological polar surface area (TPSA) is 37.8 Å². The number of hydrogen-bond donors (Lipinski definition) is 1. The summed E-state index contributed by atoms with van der Waals surface area (Å²) in [6, 6.07) is 9.19. The molecule has 2 unspecified atom stereocenters. The molecule has 0 aliphatic heterocycles. The zero-order valence-electron chi connectivity index (χ0n) is 12.4. The maximum absolute atomic E-state index is 4.43. The van der Waals surface area contributed by atoms with Crippen molar-refractivity contribution < 1.29 is 0 Å². The molecular weight excluding hydrogens is 286 g/mol. The largest absolute Gasteiger partial charge is 0.312 e. The van der Waals surface area contributed by atoms with Crippen molar-refractivity contribution in [2.45, 2.75) is 42.8 Å². The molecule has 20 heavy (non-hydrogen) atoms. The molecule has 0 spiro atoms. The van der Waals surface area contributed by atoms with Crippen molar-refractivity contribution in [2.75, 3.05) is 7.05 Å². The first-order valence-corrected chi connectivity index (χ1v) is 8.52. The Kier molecular flexibility index (Phi) is 5.57. The van der Waals surface area contributed by atoms with E-state index >= 15 is 0 Å². The first kappa shape index (κ1) is 15.5. The van der Waals surface area contributed by atoms with Gasteiger partial charge in [-0.15, -0.1) is 0 Å². The molecule has 0 amide bonds. The zero-order valence-corrected chi connectivity index (χ0v) is 14.0. The van der Waals surface area contributed by atoms with Crippen LogP contribution in [0.25, 0.3) is 0 Å². The van der Waals surface area contributed by atoms with Gasteiger partial charge >= 0.3 is 0 Å². The third kappa shape index (κ3) is 3.81. The number of nitrogens with one attached hydrogen (secondary N) is 1. The van der Waals surface area contributed by atoms with Gasteiger partial charge in [0.25, 0.3) is 0 Å². The summed E-state index contributed by atoms with van der Waals surface area (Å²) in [5.74, 6) is 0.859. The number of aromatic nitrogens is 2. The molecule has 108 valence electrons. The lowest BCUT2D eigenvalue weighted by molar-refractivity contribution is 0.589. The average Bonchev–Trinajstić information content (AvgIpc) is 2.85. The van der Waals surface area contributed by atoms with Crippen LogP contribution >= 0.6 is 23.3 Å². The van der Waals surface area contributed by atoms with Crippen LogP contribution in [0.3, 0.4) is 0 Å². The predicted octanol–water partition coefficient (Wildman–Crippen LogP) is 3.85. The number of thioether (sulfide) groups is 1. The van der Waals surface area contributed by atoms with E-state index in [9.17, 15) is 0 Å². The van der Waals surface area contributed by atoms with Crippen molar-refractivity contribution in [1.82, 2.24) is 14.7 Å². The summed E-state index contributed by atoms with van der Waals surface area (Å²) in [6.07, 6.45) is 1.08. The van der Waals surface area contributed by atoms with Gasteiger partial charge in [0.2, 0.25) is 0 Å². The minimum Gasteiger partial charge on any atom is -0.312 e. The van der Waals surface area contributed by atoms with Gasteiger partial charge in [-0.05, 0) is 43.1 Å². The second kappa shape index (κ2) is 7.20. The second-order valence-corrected chi connectivity index (χ2v) is 7.17. The van der Waals surface area contributed by atoms with E-state index in [-0.39, 0.29) is 0 Å². The Balaban J connectivity index is 2.09. The van der Waals surface area contributed by atoms with Crippen LogP contribution in [0, 0.1) is 6.92 Å². The molecule has 0 fully saturated rings. The van der Waals surface area contributed by atoms with Crippen molar-refractivity contribution in [1.29, 1.82) is 0 Å². The summed E-state index contributed by atoms with van der Waals surface area (Å²) in [6.45, 7) is 6.35. The van der Waals surface area contributed by atoms with E-state index in [1.54, 1.807) is 11.8 Å². The fourth-order valence-electron chi connectivity index (χ4n) is 2.19. The van der Waals surface area contributed by atoms with Crippen molar-refractivity contribution >= 4 is 23.3 Å². The number of hydrogen-bond acceptors (Lipinski definition) is 5. The highest BCUT2D eigenvalue weighted by Crippen LogP contribution is 2.32. The lowest BCUT2D eigenvalue weighted by atomic mass is 10.0. The van der Waals surface area contributed by atoms with Gasteiger partial charge in [0, 0.05) is 11.3 Å². The van der Waals surface area contributed by atoms with Crippen LogP contribution in [0.4, 0.5) is 0 Å². The molecule has 0 aliphatic carbocycles. The highest BCUT2D eigenvalue weighted by Gasteiger charge is 2.20. The van der Waals surface area contributed by atoms with E-state index in [4.69, 9.17) is 0 Å². The Morgan fingerprint density at radius 1 is 1.30 bits per heavy atom. The van der Waals surface area contributed by atoms with E-state index < -0.39 is 0 Å². The van der Waals surface area contributed by atoms with Crippen LogP contribution in [0.1, 0.15) is 36.8 Å². The Bertz CT molecular complexity index is 536. The van der Waals surface area contributed by atoms with Gasteiger partial charge in [0.15, 0.2) is 4.34 Å². The van der Waals surface area contributed by atoms with E-state index in [1.165, 1.54) is 22.7 Å². The molecule has 3 nitrogen and oxygen atoms in total. The highest BCUT2D eigenvalue weighted by atomic mass is 32.2. The van der Waals surface area contributed by atoms with Crippen LogP contribution in [0.2, 0.25) is 0 Å². The van der Waals surface area contributed by atoms with Crippen LogP contribution in [-0.2, 0) is 6.42 Å². The van der Waals surface area contributed by atoms with Crippen LogP contribution < -0.4 is 5.32 Å². The molecule has 0 aliphatic rings. The van der Waals surface area contributed by atoms with Gasteiger partial charge in [0.05, 0.1) is 0 Å². The molecule has 1 N–H and O–H groups in total. The monoisotopic (exact) mass is 307 g/mol. The maximum atomic E-state index is 4.43. The standard InChI is InChI=1S/C15H21N3S2/c1-5-12-6-8-13(9-7-12)14(16-4)10(2)19-15-17-11(3)18-20-15/h6-10,14,16H,5H2,1-4H3. The van der Waals surface area contributed by atoms with Crippen molar-refractivity contribution in [2.24, 2.45) is 0 Å². The molecule has 0 saturated heterocycles. The predicted molar refractivity (Wildman–Crippen MR) is 87.6 cm³/mol. The summed E-state index contributed by atoms with van der Waals surface area (Å²) < 4.78 is 5.28. The van der Waals surface area contributed by atoms with Crippen LogP contribution in [-0.4, -0.2) is 21.7 Å². The van der Waals surface area contributed by atoms with E-state index in [2.05, 4.69) is 52.8 Å². The minimum absolute atomic E-state index is 0.315. The lowest BCUT2D eigenvalue weighted by Crippen LogP contribution is -2.25. The van der Waals surface area contributed by atoms with E-state index in [1.807, 2.05) is 14.0 Å². The molecule has 2 rings (SSSR count). The molecule has 5 heteroatoms.